The second-order valence-electron chi connectivity index (χ2n) is 4.63. The van der Waals surface area contributed by atoms with Gasteiger partial charge in [0, 0.05) is 43.8 Å². The number of rotatable bonds is 3. The lowest BCUT2D eigenvalue weighted by atomic mass is 10.3. The Balaban J connectivity index is 1.55. The van der Waals surface area contributed by atoms with E-state index >= 15 is 0 Å². The fourth-order valence-corrected chi connectivity index (χ4v) is 2.92. The minimum atomic E-state index is -0.407. The number of nitrogens with two attached hydrogens (primary N) is 1. The number of hydrogen-bond acceptors (Lipinski definition) is 7. The van der Waals surface area contributed by atoms with Crippen LogP contribution in [-0.2, 0) is 6.54 Å². The van der Waals surface area contributed by atoms with Gasteiger partial charge in [-0.2, -0.15) is 0 Å². The summed E-state index contributed by atoms with van der Waals surface area (Å²) in [5.41, 5.74) is 5.63. The van der Waals surface area contributed by atoms with E-state index in [4.69, 9.17) is 5.73 Å². The van der Waals surface area contributed by atoms with Gasteiger partial charge in [0.25, 0.3) is 0 Å². The highest BCUT2D eigenvalue weighted by molar-refractivity contribution is 7.15. The van der Waals surface area contributed by atoms with Crippen LogP contribution in [0.15, 0.2) is 18.6 Å². The van der Waals surface area contributed by atoms with Gasteiger partial charge >= 0.3 is 0 Å². The molecule has 3 heterocycles. The van der Waals surface area contributed by atoms with E-state index < -0.39 is 5.82 Å². The van der Waals surface area contributed by atoms with Crippen LogP contribution in [0.25, 0.3) is 0 Å². The summed E-state index contributed by atoms with van der Waals surface area (Å²) >= 11 is 1.53. The summed E-state index contributed by atoms with van der Waals surface area (Å²) in [7, 11) is 0. The van der Waals surface area contributed by atoms with Crippen LogP contribution < -0.4 is 10.6 Å². The molecule has 0 atom stereocenters. The summed E-state index contributed by atoms with van der Waals surface area (Å²) in [5, 5.41) is 0.610. The minimum Gasteiger partial charge on any atom is -0.375 e. The van der Waals surface area contributed by atoms with Crippen molar-refractivity contribution in [3.05, 3.63) is 29.3 Å². The van der Waals surface area contributed by atoms with Crippen molar-refractivity contribution in [3.63, 3.8) is 0 Å². The van der Waals surface area contributed by atoms with E-state index in [-0.39, 0.29) is 0 Å². The maximum atomic E-state index is 12.8. The molecule has 6 nitrogen and oxygen atoms in total. The summed E-state index contributed by atoms with van der Waals surface area (Å²) in [6.45, 7) is 4.36. The van der Waals surface area contributed by atoms with Crippen molar-refractivity contribution in [2.75, 3.05) is 36.8 Å². The molecule has 0 saturated carbocycles. The topological polar surface area (TPSA) is 71.2 Å². The van der Waals surface area contributed by atoms with Crippen molar-refractivity contribution in [2.24, 2.45) is 0 Å². The van der Waals surface area contributed by atoms with Crippen molar-refractivity contribution in [1.29, 1.82) is 0 Å². The second kappa shape index (κ2) is 5.68. The monoisotopic (exact) mass is 294 g/mol. The van der Waals surface area contributed by atoms with Crippen LogP contribution in [0.2, 0.25) is 0 Å². The summed E-state index contributed by atoms with van der Waals surface area (Å²) < 4.78 is 12.8. The van der Waals surface area contributed by atoms with E-state index in [0.717, 1.165) is 32.7 Å². The fraction of sp³-hybridized carbons (Fsp3) is 0.417. The van der Waals surface area contributed by atoms with Gasteiger partial charge in [0.2, 0.25) is 5.95 Å². The van der Waals surface area contributed by atoms with E-state index in [1.54, 1.807) is 0 Å². The number of aromatic nitrogens is 3. The van der Waals surface area contributed by atoms with Crippen molar-refractivity contribution >= 4 is 22.4 Å². The average molecular weight is 294 g/mol. The Morgan fingerprint density at radius 3 is 2.40 bits per heavy atom. The van der Waals surface area contributed by atoms with E-state index in [0.29, 0.717) is 11.1 Å². The SMILES string of the molecule is Nc1ncc(CN2CCN(c3ncc(F)cn3)CC2)s1. The third-order valence-electron chi connectivity index (χ3n) is 3.21. The molecule has 0 radical (unpaired) electrons. The molecule has 1 fully saturated rings. The third kappa shape index (κ3) is 3.02. The normalized spacial score (nSPS) is 16.6. The Labute approximate surface area is 120 Å². The predicted octanol–water partition coefficient (Wildman–Crippen LogP) is 0.977. The molecule has 8 heteroatoms. The maximum Gasteiger partial charge on any atom is 0.225 e. The molecule has 1 aliphatic rings. The van der Waals surface area contributed by atoms with Gasteiger partial charge in [-0.25, -0.2) is 19.3 Å². The Kier molecular flexibility index (Phi) is 3.75. The molecule has 0 aromatic carbocycles. The first-order valence-electron chi connectivity index (χ1n) is 6.36. The van der Waals surface area contributed by atoms with Crippen molar-refractivity contribution in [1.82, 2.24) is 19.9 Å². The van der Waals surface area contributed by atoms with Gasteiger partial charge in [-0.15, -0.1) is 11.3 Å². The maximum absolute atomic E-state index is 12.8. The van der Waals surface area contributed by atoms with Crippen LogP contribution in [0.1, 0.15) is 4.88 Å². The highest BCUT2D eigenvalue weighted by Gasteiger charge is 2.19. The molecule has 1 saturated heterocycles. The molecule has 3 rings (SSSR count). The highest BCUT2D eigenvalue weighted by Crippen LogP contribution is 2.18. The molecule has 20 heavy (non-hydrogen) atoms. The number of anilines is 2. The smallest absolute Gasteiger partial charge is 0.225 e. The average Bonchev–Trinajstić information content (AvgIpc) is 2.86. The van der Waals surface area contributed by atoms with Gasteiger partial charge in [0.1, 0.15) is 0 Å². The summed E-state index contributed by atoms with van der Waals surface area (Å²) in [5.74, 6) is 0.184. The molecule has 0 spiro atoms. The Morgan fingerprint density at radius 1 is 1.10 bits per heavy atom. The molecule has 2 aromatic rings. The lowest BCUT2D eigenvalue weighted by molar-refractivity contribution is 0.250. The van der Waals surface area contributed by atoms with Crippen LogP contribution in [0.3, 0.4) is 0 Å². The van der Waals surface area contributed by atoms with Crippen molar-refractivity contribution in [3.8, 4) is 0 Å². The molecular formula is C12H15FN6S. The van der Waals surface area contributed by atoms with Gasteiger partial charge in [-0.3, -0.25) is 4.90 Å². The predicted molar refractivity (Wildman–Crippen MR) is 76.0 cm³/mol. The van der Waals surface area contributed by atoms with Gasteiger partial charge in [0.05, 0.1) is 12.4 Å². The van der Waals surface area contributed by atoms with Gasteiger partial charge in [0.15, 0.2) is 10.9 Å². The third-order valence-corrected chi connectivity index (χ3v) is 4.02. The molecule has 0 unspecified atom stereocenters. The standard InChI is InChI=1S/C12H15FN6S/c13-9-5-16-12(17-6-9)19-3-1-18(2-4-19)8-10-7-15-11(14)20-10/h5-7H,1-4,8H2,(H2,14,15). The zero-order chi connectivity index (χ0) is 13.9. The Morgan fingerprint density at radius 2 is 1.80 bits per heavy atom. The number of nitrogens with zero attached hydrogens (tertiary/aromatic N) is 5. The van der Waals surface area contributed by atoms with Crippen molar-refractivity contribution < 1.29 is 4.39 Å². The van der Waals surface area contributed by atoms with E-state index in [9.17, 15) is 4.39 Å². The first-order valence-corrected chi connectivity index (χ1v) is 7.17. The number of thiazole rings is 1. The zero-order valence-electron chi connectivity index (χ0n) is 10.9. The van der Waals surface area contributed by atoms with Gasteiger partial charge in [-0.1, -0.05) is 0 Å². The van der Waals surface area contributed by atoms with E-state index in [1.165, 1.54) is 28.6 Å². The van der Waals surface area contributed by atoms with Crippen LogP contribution in [0.5, 0.6) is 0 Å². The lowest BCUT2D eigenvalue weighted by Gasteiger charge is -2.34. The Hall–Kier alpha value is -1.80. The summed E-state index contributed by atoms with van der Waals surface area (Å²) in [4.78, 5) is 17.7. The molecule has 2 aromatic heterocycles. The van der Waals surface area contributed by atoms with Gasteiger partial charge < -0.3 is 10.6 Å². The fourth-order valence-electron chi connectivity index (χ4n) is 2.19. The zero-order valence-corrected chi connectivity index (χ0v) is 11.7. The van der Waals surface area contributed by atoms with Crippen LogP contribution in [0, 0.1) is 5.82 Å². The van der Waals surface area contributed by atoms with E-state index in [1.807, 2.05) is 6.20 Å². The molecule has 106 valence electrons. The number of halogens is 1. The quantitative estimate of drug-likeness (QED) is 0.910. The number of hydrogen-bond donors (Lipinski definition) is 1. The molecular weight excluding hydrogens is 279 g/mol. The largest absolute Gasteiger partial charge is 0.375 e. The van der Waals surface area contributed by atoms with E-state index in [2.05, 4.69) is 24.8 Å². The van der Waals surface area contributed by atoms with Crippen LogP contribution in [-0.4, -0.2) is 46.0 Å². The molecule has 2 N–H and O–H groups in total. The molecule has 0 amide bonds. The minimum absolute atomic E-state index is 0.407. The first kappa shape index (κ1) is 13.2. The number of nitrogen functional groups attached to an aromatic ring is 1. The summed E-state index contributed by atoms with van der Waals surface area (Å²) in [6.07, 6.45) is 4.24. The molecule has 1 aliphatic heterocycles. The van der Waals surface area contributed by atoms with Crippen LogP contribution >= 0.6 is 11.3 Å². The highest BCUT2D eigenvalue weighted by atomic mass is 32.1. The number of piperazine rings is 1. The Bertz CT molecular complexity index is 564. The second-order valence-corrected chi connectivity index (χ2v) is 5.78. The van der Waals surface area contributed by atoms with Crippen LogP contribution in [0.4, 0.5) is 15.5 Å². The van der Waals surface area contributed by atoms with Crippen molar-refractivity contribution in [2.45, 2.75) is 6.54 Å². The lowest BCUT2D eigenvalue weighted by Crippen LogP contribution is -2.46. The molecule has 0 bridgehead atoms. The first-order chi connectivity index (χ1) is 9.70. The molecule has 0 aliphatic carbocycles. The van der Waals surface area contributed by atoms with Gasteiger partial charge in [-0.05, 0) is 0 Å². The summed E-state index contributed by atoms with van der Waals surface area (Å²) in [6, 6.07) is 0.